The van der Waals surface area contributed by atoms with Gasteiger partial charge in [0.25, 0.3) is 0 Å². The van der Waals surface area contributed by atoms with Gasteiger partial charge >= 0.3 is 6.61 Å². The minimum Gasteiger partial charge on any atom is -0.436 e. The smallest absolute Gasteiger partial charge is 0.388 e. The van der Waals surface area contributed by atoms with E-state index in [0.29, 0.717) is 28.1 Å². The zero-order valence-electron chi connectivity index (χ0n) is 13.5. The maximum atomic E-state index is 12.6. The van der Waals surface area contributed by atoms with Gasteiger partial charge < -0.3 is 13.7 Å². The summed E-state index contributed by atoms with van der Waals surface area (Å²) in [6.45, 7) is -1.18. The van der Waals surface area contributed by atoms with Crippen LogP contribution in [0.5, 0.6) is 5.88 Å². The molecular weight excluding hydrogens is 353 g/mol. The Kier molecular flexibility index (Phi) is 4.83. The number of alkyl halides is 2. The minimum atomic E-state index is -2.97. The highest BCUT2D eigenvalue weighted by Crippen LogP contribution is 2.44. The molecule has 0 aliphatic heterocycles. The van der Waals surface area contributed by atoms with E-state index in [1.807, 2.05) is 0 Å². The van der Waals surface area contributed by atoms with Gasteiger partial charge in [-0.05, 0) is 24.3 Å². The topological polar surface area (TPSA) is 74.5 Å². The molecule has 1 atom stereocenters. The maximum absolute atomic E-state index is 12.6. The normalized spacial score (nSPS) is 14.0. The van der Waals surface area contributed by atoms with Crippen LogP contribution in [-0.4, -0.2) is 29.9 Å². The largest absolute Gasteiger partial charge is 0.436 e. The third-order valence-electron chi connectivity index (χ3n) is 3.67. The Balaban J connectivity index is 2.01. The summed E-state index contributed by atoms with van der Waals surface area (Å²) in [5, 5.41) is 0.543. The van der Waals surface area contributed by atoms with Crippen LogP contribution in [0.4, 0.5) is 8.78 Å². The number of halogens is 2. The second-order valence-electron chi connectivity index (χ2n) is 5.10. The lowest BCUT2D eigenvalue weighted by Gasteiger charge is -2.13. The van der Waals surface area contributed by atoms with Gasteiger partial charge in [0.1, 0.15) is 5.52 Å². The fraction of sp³-hybridized carbons (Fsp3) is 0.250. The van der Waals surface area contributed by atoms with Gasteiger partial charge in [0.2, 0.25) is 19.1 Å². The van der Waals surface area contributed by atoms with Crippen molar-refractivity contribution in [2.75, 3.05) is 13.3 Å². The monoisotopic (exact) mass is 368 g/mol. The molecule has 2 heterocycles. The molecule has 0 saturated carbocycles. The Morgan fingerprint density at radius 3 is 2.76 bits per heavy atom. The van der Waals surface area contributed by atoms with Crippen molar-refractivity contribution in [3.63, 3.8) is 0 Å². The van der Waals surface area contributed by atoms with Crippen LogP contribution in [0, 0.1) is 0 Å². The molecule has 0 amide bonds. The molecule has 0 spiro atoms. The first kappa shape index (κ1) is 17.5. The number of rotatable bonds is 6. The maximum Gasteiger partial charge on any atom is 0.388 e. The van der Waals surface area contributed by atoms with E-state index in [1.165, 1.54) is 19.4 Å². The minimum absolute atomic E-state index is 0.220. The molecule has 132 valence electrons. The van der Waals surface area contributed by atoms with Crippen LogP contribution in [0.3, 0.4) is 0 Å². The van der Waals surface area contributed by atoms with Gasteiger partial charge in [0.15, 0.2) is 5.58 Å². The second-order valence-corrected chi connectivity index (χ2v) is 7.97. The Labute approximate surface area is 142 Å². The van der Waals surface area contributed by atoms with Crippen molar-refractivity contribution in [2.45, 2.75) is 13.5 Å². The summed E-state index contributed by atoms with van der Waals surface area (Å²) in [5.74, 6) is -0.0114. The van der Waals surface area contributed by atoms with Crippen LogP contribution >= 0.6 is 7.37 Å². The molecular formula is C16H15F2N2O4P. The lowest BCUT2D eigenvalue weighted by Crippen LogP contribution is -2.07. The number of hydrogen-bond acceptors (Lipinski definition) is 6. The van der Waals surface area contributed by atoms with Crippen LogP contribution in [0.2, 0.25) is 0 Å². The predicted octanol–water partition coefficient (Wildman–Crippen LogP) is 4.06. The van der Waals surface area contributed by atoms with E-state index in [1.54, 1.807) is 31.2 Å². The van der Waals surface area contributed by atoms with Crippen molar-refractivity contribution >= 4 is 23.8 Å². The Morgan fingerprint density at radius 1 is 1.28 bits per heavy atom. The van der Waals surface area contributed by atoms with E-state index >= 15 is 0 Å². The lowest BCUT2D eigenvalue weighted by molar-refractivity contribution is -0.0528. The van der Waals surface area contributed by atoms with Gasteiger partial charge in [-0.25, -0.2) is 9.97 Å². The van der Waals surface area contributed by atoms with Gasteiger partial charge in [-0.2, -0.15) is 8.78 Å². The van der Waals surface area contributed by atoms with E-state index in [0.717, 1.165) is 0 Å². The molecule has 25 heavy (non-hydrogen) atoms. The van der Waals surface area contributed by atoms with Crippen LogP contribution in [0.15, 0.2) is 40.9 Å². The first-order valence-corrected chi connectivity index (χ1v) is 9.23. The molecule has 0 fully saturated rings. The van der Waals surface area contributed by atoms with E-state index < -0.39 is 14.0 Å². The number of ether oxygens (including phenoxy) is 1. The number of nitrogens with zero attached hydrogens (tertiary/aromatic N) is 2. The molecule has 2 aromatic heterocycles. The van der Waals surface area contributed by atoms with Crippen LogP contribution < -0.4 is 10.0 Å². The van der Waals surface area contributed by atoms with Crippen LogP contribution in [0.25, 0.3) is 22.6 Å². The standard InChI is InChI=1S/C16H15F2N2O4P/c1-3-25(21,22-2)11-4-5-13-12(9-11)20-15(23-13)10-6-7-19-14(8-10)24-16(17)18/h4-9,16H,3H2,1-2H3. The number of benzene rings is 1. The summed E-state index contributed by atoms with van der Waals surface area (Å²) in [7, 11) is -1.51. The highest BCUT2D eigenvalue weighted by molar-refractivity contribution is 7.66. The van der Waals surface area contributed by atoms with E-state index in [-0.39, 0.29) is 11.8 Å². The summed E-state index contributed by atoms with van der Waals surface area (Å²) in [5.41, 5.74) is 1.41. The Bertz CT molecular complexity index is 937. The summed E-state index contributed by atoms with van der Waals surface area (Å²) >= 11 is 0. The van der Waals surface area contributed by atoms with Crippen molar-refractivity contribution in [3.05, 3.63) is 36.5 Å². The highest BCUT2D eigenvalue weighted by atomic mass is 31.2. The van der Waals surface area contributed by atoms with Crippen molar-refractivity contribution < 1.29 is 27.0 Å². The molecule has 1 aromatic carbocycles. The van der Waals surface area contributed by atoms with Crippen molar-refractivity contribution in [1.82, 2.24) is 9.97 Å². The SMILES string of the molecule is CCP(=O)(OC)c1ccc2oc(-c3ccnc(OC(F)F)c3)nc2c1. The quantitative estimate of drug-likeness (QED) is 0.611. The number of oxazole rings is 1. The van der Waals surface area contributed by atoms with E-state index in [9.17, 15) is 13.3 Å². The first-order chi connectivity index (χ1) is 11.9. The van der Waals surface area contributed by atoms with Crippen molar-refractivity contribution in [3.8, 4) is 17.3 Å². The molecule has 1 unspecified atom stereocenters. The third-order valence-corrected chi connectivity index (χ3v) is 6.15. The number of fused-ring (bicyclic) bond motifs is 1. The average Bonchev–Trinajstić information content (AvgIpc) is 3.04. The molecule has 0 saturated heterocycles. The number of aromatic nitrogens is 2. The van der Waals surface area contributed by atoms with Gasteiger partial charge in [0, 0.05) is 36.4 Å². The van der Waals surface area contributed by atoms with Gasteiger partial charge in [0.05, 0.1) is 0 Å². The molecule has 3 rings (SSSR count). The zero-order chi connectivity index (χ0) is 18.0. The molecule has 6 nitrogen and oxygen atoms in total. The Hall–Kier alpha value is -2.31. The highest BCUT2D eigenvalue weighted by Gasteiger charge is 2.23. The van der Waals surface area contributed by atoms with E-state index in [2.05, 4.69) is 14.7 Å². The fourth-order valence-corrected chi connectivity index (χ4v) is 3.82. The fourth-order valence-electron chi connectivity index (χ4n) is 2.37. The molecule has 0 radical (unpaired) electrons. The molecule has 3 aromatic rings. The molecule has 0 bridgehead atoms. The second kappa shape index (κ2) is 6.90. The van der Waals surface area contributed by atoms with Gasteiger partial charge in [-0.3, -0.25) is 4.57 Å². The molecule has 0 aliphatic carbocycles. The first-order valence-electron chi connectivity index (χ1n) is 7.42. The number of hydrogen-bond donors (Lipinski definition) is 0. The third kappa shape index (κ3) is 3.55. The van der Waals surface area contributed by atoms with E-state index in [4.69, 9.17) is 8.94 Å². The van der Waals surface area contributed by atoms with Gasteiger partial charge in [-0.1, -0.05) is 6.92 Å². The van der Waals surface area contributed by atoms with Crippen molar-refractivity contribution in [2.24, 2.45) is 0 Å². The Morgan fingerprint density at radius 2 is 2.08 bits per heavy atom. The average molecular weight is 368 g/mol. The van der Waals surface area contributed by atoms with Crippen LogP contribution in [0.1, 0.15) is 6.92 Å². The molecule has 9 heteroatoms. The molecule has 0 N–H and O–H groups in total. The summed E-state index contributed by atoms with van der Waals surface area (Å²) < 4.78 is 52.3. The lowest BCUT2D eigenvalue weighted by atomic mass is 10.2. The zero-order valence-corrected chi connectivity index (χ0v) is 14.4. The predicted molar refractivity (Wildman–Crippen MR) is 88.7 cm³/mol. The van der Waals surface area contributed by atoms with Gasteiger partial charge in [-0.15, -0.1) is 0 Å². The molecule has 0 aliphatic rings. The summed E-state index contributed by atoms with van der Waals surface area (Å²) in [6, 6.07) is 7.84. The van der Waals surface area contributed by atoms with Crippen molar-refractivity contribution in [1.29, 1.82) is 0 Å². The summed E-state index contributed by atoms with van der Waals surface area (Å²) in [6.07, 6.45) is 1.68. The summed E-state index contributed by atoms with van der Waals surface area (Å²) in [4.78, 5) is 8.03. The number of pyridine rings is 1. The van der Waals surface area contributed by atoms with Crippen LogP contribution in [-0.2, 0) is 9.09 Å².